The molecule has 120 valence electrons. The van der Waals surface area contributed by atoms with Crippen LogP contribution >= 0.6 is 0 Å². The maximum Gasteiger partial charge on any atom is 0.307 e. The molecular weight excluding hydrogens is 308 g/mol. The second-order valence-corrected chi connectivity index (χ2v) is 5.10. The molecular formula is C17H14N4O3. The normalized spacial score (nSPS) is 10.3. The molecule has 3 rings (SSSR count). The number of anilines is 1. The molecule has 7 heteroatoms. The average molecular weight is 322 g/mol. The first-order valence-corrected chi connectivity index (χ1v) is 7.18. The van der Waals surface area contributed by atoms with Crippen LogP contribution in [0.4, 0.5) is 5.69 Å². The number of aromatic nitrogens is 3. The van der Waals surface area contributed by atoms with Gasteiger partial charge in [-0.05, 0) is 29.8 Å². The van der Waals surface area contributed by atoms with E-state index in [4.69, 9.17) is 5.11 Å². The van der Waals surface area contributed by atoms with Crippen molar-refractivity contribution >= 4 is 17.6 Å². The number of rotatable bonds is 5. The van der Waals surface area contributed by atoms with Gasteiger partial charge in [0.05, 0.1) is 12.0 Å². The lowest BCUT2D eigenvalue weighted by atomic mass is 10.1. The Hall–Kier alpha value is -3.48. The Morgan fingerprint density at radius 2 is 2.08 bits per heavy atom. The standard InChI is InChI=1S/C17H14N4O3/c22-16(23)9-12-2-1-3-14(8-12)20-17(24)13-4-5-15(19-10-13)21-7-6-18-11-21/h1-8,10-11H,9H2,(H,20,24)(H,22,23). The van der Waals surface area contributed by atoms with Gasteiger partial charge in [-0.15, -0.1) is 0 Å². The zero-order chi connectivity index (χ0) is 16.9. The van der Waals surface area contributed by atoms with Crippen molar-refractivity contribution < 1.29 is 14.7 Å². The second-order valence-electron chi connectivity index (χ2n) is 5.10. The lowest BCUT2D eigenvalue weighted by Gasteiger charge is -2.07. The molecule has 0 bridgehead atoms. The summed E-state index contributed by atoms with van der Waals surface area (Å²) in [5.74, 6) is -0.572. The molecule has 2 aromatic heterocycles. The molecule has 0 saturated carbocycles. The zero-order valence-electron chi connectivity index (χ0n) is 12.6. The number of hydrogen-bond acceptors (Lipinski definition) is 4. The molecule has 24 heavy (non-hydrogen) atoms. The molecule has 0 aliphatic rings. The highest BCUT2D eigenvalue weighted by Crippen LogP contribution is 2.13. The summed E-state index contributed by atoms with van der Waals surface area (Å²) < 4.78 is 1.73. The molecule has 0 radical (unpaired) electrons. The van der Waals surface area contributed by atoms with Crippen LogP contribution in [0.25, 0.3) is 5.82 Å². The molecule has 3 aromatic rings. The van der Waals surface area contributed by atoms with Gasteiger partial charge in [-0.2, -0.15) is 0 Å². The first-order chi connectivity index (χ1) is 11.6. The molecule has 1 amide bonds. The first kappa shape index (κ1) is 15.4. The third-order valence-electron chi connectivity index (χ3n) is 3.32. The highest BCUT2D eigenvalue weighted by atomic mass is 16.4. The fourth-order valence-corrected chi connectivity index (χ4v) is 2.20. The van der Waals surface area contributed by atoms with Gasteiger partial charge in [0, 0.05) is 24.3 Å². The number of benzene rings is 1. The summed E-state index contributed by atoms with van der Waals surface area (Å²) in [6, 6.07) is 10.1. The van der Waals surface area contributed by atoms with Gasteiger partial charge in [0.1, 0.15) is 12.1 Å². The van der Waals surface area contributed by atoms with Crippen molar-refractivity contribution in [1.29, 1.82) is 0 Å². The van der Waals surface area contributed by atoms with E-state index >= 15 is 0 Å². The zero-order valence-corrected chi connectivity index (χ0v) is 12.6. The van der Waals surface area contributed by atoms with Gasteiger partial charge in [0.2, 0.25) is 0 Å². The first-order valence-electron chi connectivity index (χ1n) is 7.18. The van der Waals surface area contributed by atoms with Crippen LogP contribution in [0.5, 0.6) is 0 Å². The molecule has 0 aliphatic heterocycles. The van der Waals surface area contributed by atoms with E-state index in [-0.39, 0.29) is 12.3 Å². The third-order valence-corrected chi connectivity index (χ3v) is 3.32. The van der Waals surface area contributed by atoms with Crippen molar-refractivity contribution in [3.05, 3.63) is 72.4 Å². The SMILES string of the molecule is O=C(O)Cc1cccc(NC(=O)c2ccc(-n3ccnc3)nc2)c1. The Kier molecular flexibility index (Phi) is 4.33. The quantitative estimate of drug-likeness (QED) is 0.750. The fourth-order valence-electron chi connectivity index (χ4n) is 2.20. The van der Waals surface area contributed by atoms with Crippen LogP contribution in [-0.4, -0.2) is 31.5 Å². The van der Waals surface area contributed by atoms with E-state index in [1.807, 2.05) is 0 Å². The van der Waals surface area contributed by atoms with Gasteiger partial charge in [-0.1, -0.05) is 12.1 Å². The number of imidazole rings is 1. The largest absolute Gasteiger partial charge is 0.481 e. The van der Waals surface area contributed by atoms with E-state index < -0.39 is 5.97 Å². The van der Waals surface area contributed by atoms with Crippen molar-refractivity contribution in [2.45, 2.75) is 6.42 Å². The monoisotopic (exact) mass is 322 g/mol. The topological polar surface area (TPSA) is 97.1 Å². The van der Waals surface area contributed by atoms with E-state index in [0.717, 1.165) is 0 Å². The number of nitrogens with one attached hydrogen (secondary N) is 1. The number of amides is 1. The minimum absolute atomic E-state index is 0.0924. The van der Waals surface area contributed by atoms with Crippen molar-refractivity contribution in [2.75, 3.05) is 5.32 Å². The number of carboxylic acids is 1. The van der Waals surface area contributed by atoms with Crippen LogP contribution in [0, 0.1) is 0 Å². The molecule has 2 heterocycles. The summed E-state index contributed by atoms with van der Waals surface area (Å²) in [5.41, 5.74) is 1.56. The average Bonchev–Trinajstić information content (AvgIpc) is 3.09. The third kappa shape index (κ3) is 3.64. The van der Waals surface area contributed by atoms with Crippen molar-refractivity contribution in [2.24, 2.45) is 0 Å². The molecule has 0 unspecified atom stereocenters. The smallest absolute Gasteiger partial charge is 0.307 e. The van der Waals surface area contributed by atoms with Gasteiger partial charge >= 0.3 is 5.97 Å². The summed E-state index contributed by atoms with van der Waals surface area (Å²) in [5, 5.41) is 11.6. The maximum absolute atomic E-state index is 12.3. The van der Waals surface area contributed by atoms with Gasteiger partial charge in [-0.3, -0.25) is 14.2 Å². The van der Waals surface area contributed by atoms with Crippen LogP contribution in [0.3, 0.4) is 0 Å². The van der Waals surface area contributed by atoms with E-state index in [2.05, 4.69) is 15.3 Å². The molecule has 1 aromatic carbocycles. The highest BCUT2D eigenvalue weighted by molar-refractivity contribution is 6.04. The maximum atomic E-state index is 12.3. The van der Waals surface area contributed by atoms with Crippen LogP contribution in [0.2, 0.25) is 0 Å². The summed E-state index contributed by atoms with van der Waals surface area (Å²) in [6.07, 6.45) is 6.41. The Balaban J connectivity index is 1.72. The molecule has 2 N–H and O–H groups in total. The van der Waals surface area contributed by atoms with E-state index in [1.54, 1.807) is 59.7 Å². The number of aliphatic carboxylic acids is 1. The number of carbonyl (C=O) groups is 2. The molecule has 0 fully saturated rings. The van der Waals surface area contributed by atoms with Gasteiger partial charge in [0.25, 0.3) is 5.91 Å². The Labute approximate surface area is 137 Å². The lowest BCUT2D eigenvalue weighted by Crippen LogP contribution is -2.13. The van der Waals surface area contributed by atoms with Crippen molar-refractivity contribution in [1.82, 2.24) is 14.5 Å². The minimum Gasteiger partial charge on any atom is -0.481 e. The van der Waals surface area contributed by atoms with Gasteiger partial charge < -0.3 is 10.4 Å². The minimum atomic E-state index is -0.919. The van der Waals surface area contributed by atoms with E-state index in [1.165, 1.54) is 6.20 Å². The number of pyridine rings is 1. The Morgan fingerprint density at radius 1 is 1.21 bits per heavy atom. The highest BCUT2D eigenvalue weighted by Gasteiger charge is 2.08. The molecule has 0 spiro atoms. The van der Waals surface area contributed by atoms with Crippen LogP contribution in [-0.2, 0) is 11.2 Å². The summed E-state index contributed by atoms with van der Waals surface area (Å²) in [6.45, 7) is 0. The Morgan fingerprint density at radius 3 is 2.75 bits per heavy atom. The number of carboxylic acid groups (broad SMARTS) is 1. The van der Waals surface area contributed by atoms with Crippen molar-refractivity contribution in [3.8, 4) is 5.82 Å². The van der Waals surface area contributed by atoms with Crippen molar-refractivity contribution in [3.63, 3.8) is 0 Å². The Bertz CT molecular complexity index is 858. The van der Waals surface area contributed by atoms with Crippen LogP contribution in [0.1, 0.15) is 15.9 Å². The summed E-state index contributed by atoms with van der Waals surface area (Å²) in [4.78, 5) is 31.2. The predicted octanol–water partition coefficient (Wildman–Crippen LogP) is 2.15. The van der Waals surface area contributed by atoms with E-state index in [0.29, 0.717) is 22.6 Å². The fraction of sp³-hybridized carbons (Fsp3) is 0.0588. The van der Waals surface area contributed by atoms with Crippen LogP contribution < -0.4 is 5.32 Å². The second kappa shape index (κ2) is 6.74. The number of carbonyl (C=O) groups excluding carboxylic acids is 1. The predicted molar refractivity (Wildman–Crippen MR) is 87.1 cm³/mol. The van der Waals surface area contributed by atoms with E-state index in [9.17, 15) is 9.59 Å². The molecule has 7 nitrogen and oxygen atoms in total. The number of nitrogens with zero attached hydrogens (tertiary/aromatic N) is 3. The summed E-state index contributed by atoms with van der Waals surface area (Å²) >= 11 is 0. The molecule has 0 saturated heterocycles. The van der Waals surface area contributed by atoms with Crippen LogP contribution in [0.15, 0.2) is 61.3 Å². The lowest BCUT2D eigenvalue weighted by molar-refractivity contribution is -0.136. The summed E-state index contributed by atoms with van der Waals surface area (Å²) in [7, 11) is 0. The van der Waals surface area contributed by atoms with Gasteiger partial charge in [-0.25, -0.2) is 9.97 Å². The molecule has 0 atom stereocenters. The number of hydrogen-bond donors (Lipinski definition) is 2. The van der Waals surface area contributed by atoms with Gasteiger partial charge in [0.15, 0.2) is 0 Å². The molecule has 0 aliphatic carbocycles.